The molecule has 0 aliphatic rings. The van der Waals surface area contributed by atoms with Crippen molar-refractivity contribution in [3.05, 3.63) is 70.2 Å². The van der Waals surface area contributed by atoms with Gasteiger partial charge >= 0.3 is 122 Å². The van der Waals surface area contributed by atoms with Crippen molar-refractivity contribution in [2.24, 2.45) is 0 Å². The zero-order valence-electron chi connectivity index (χ0n) is 10.8. The van der Waals surface area contributed by atoms with Gasteiger partial charge in [-0.3, -0.25) is 0 Å². The third kappa shape index (κ3) is 4.26. The van der Waals surface area contributed by atoms with E-state index in [0.29, 0.717) is 0 Å². The van der Waals surface area contributed by atoms with Crippen LogP contribution in [0.4, 0.5) is 13.2 Å². The van der Waals surface area contributed by atoms with Crippen molar-refractivity contribution in [2.75, 3.05) is 0 Å². The van der Waals surface area contributed by atoms with E-state index in [0.717, 1.165) is 16.1 Å². The van der Waals surface area contributed by atoms with Crippen molar-refractivity contribution >= 4 is 25.5 Å². The van der Waals surface area contributed by atoms with E-state index < -0.39 is 11.7 Å². The Morgan fingerprint density at radius 1 is 1.00 bits per heavy atom. The summed E-state index contributed by atoms with van der Waals surface area (Å²) in [6, 6.07) is 13.5. The van der Waals surface area contributed by atoms with Gasteiger partial charge in [-0.15, -0.1) is 0 Å². The summed E-state index contributed by atoms with van der Waals surface area (Å²) < 4.78 is 38.5. The molecule has 2 aromatic carbocycles. The molecule has 0 spiro atoms. The summed E-state index contributed by atoms with van der Waals surface area (Å²) in [6.45, 7) is 2.01. The number of hydrogen-bond donors (Lipinski definition) is 0. The molecule has 4 heteroatoms. The number of rotatable bonds is 3. The first-order valence-electron chi connectivity index (χ1n) is 6.02. The second-order valence-electron chi connectivity index (χ2n) is 4.36. The van der Waals surface area contributed by atoms with Gasteiger partial charge in [-0.2, -0.15) is 0 Å². The normalized spacial score (nSPS) is 12.0. The Bertz CT molecular complexity index is 598. The summed E-state index contributed by atoms with van der Waals surface area (Å²) in [5.41, 5.74) is 1.66. The number of benzene rings is 2. The molecule has 0 N–H and O–H groups in total. The van der Waals surface area contributed by atoms with E-state index in [2.05, 4.69) is 0 Å². The number of alkyl halides is 3. The summed E-state index contributed by atoms with van der Waals surface area (Å²) in [4.78, 5) is 1.94. The van der Waals surface area contributed by atoms with Crippen molar-refractivity contribution < 1.29 is 13.2 Å². The van der Waals surface area contributed by atoms with Gasteiger partial charge in [0.05, 0.1) is 0 Å². The van der Waals surface area contributed by atoms with Gasteiger partial charge in [-0.05, 0) is 0 Å². The van der Waals surface area contributed by atoms with Gasteiger partial charge in [-0.25, -0.2) is 0 Å². The van der Waals surface area contributed by atoms with Crippen LogP contribution >= 0.6 is 0 Å². The number of hydrogen-bond acceptors (Lipinski definition) is 0. The number of aryl methyl sites for hydroxylation is 1. The Morgan fingerprint density at radius 2 is 1.70 bits per heavy atom. The second-order valence-corrected chi connectivity index (χ2v) is 6.41. The first-order chi connectivity index (χ1) is 9.45. The first kappa shape index (κ1) is 14.9. The molecule has 0 heterocycles. The molecule has 0 fully saturated rings. The van der Waals surface area contributed by atoms with Crippen molar-refractivity contribution in [2.45, 2.75) is 13.1 Å². The van der Waals surface area contributed by atoms with Crippen LogP contribution in [0.1, 0.15) is 16.7 Å². The third-order valence-electron chi connectivity index (χ3n) is 2.70. The molecule has 0 radical (unpaired) electrons. The molecule has 0 aromatic heterocycles. The molecule has 0 saturated carbocycles. The van der Waals surface area contributed by atoms with Gasteiger partial charge in [0.25, 0.3) is 0 Å². The molecule has 0 amide bonds. The minimum atomic E-state index is -4.27. The molecule has 104 valence electrons. The summed E-state index contributed by atoms with van der Waals surface area (Å²) in [5.74, 6) is 0. The van der Waals surface area contributed by atoms with Gasteiger partial charge in [0.1, 0.15) is 0 Å². The van der Waals surface area contributed by atoms with Crippen LogP contribution in [0.25, 0.3) is 6.08 Å². The van der Waals surface area contributed by atoms with Gasteiger partial charge in [-0.1, -0.05) is 0 Å². The molecule has 0 unspecified atom stereocenters. The molecule has 0 nitrogen and oxygen atoms in total. The van der Waals surface area contributed by atoms with E-state index in [1.54, 1.807) is 6.07 Å². The van der Waals surface area contributed by atoms with Crippen LogP contribution in [0.2, 0.25) is 0 Å². The summed E-state index contributed by atoms with van der Waals surface area (Å²) in [6.07, 6.45) is -2.33. The average molecular weight is 341 g/mol. The monoisotopic (exact) mass is 342 g/mol. The van der Waals surface area contributed by atoms with Crippen molar-refractivity contribution in [3.8, 4) is 0 Å². The van der Waals surface area contributed by atoms with E-state index in [-0.39, 0.29) is 15.0 Å². The molecule has 2 rings (SSSR count). The molecule has 20 heavy (non-hydrogen) atoms. The summed E-state index contributed by atoms with van der Waals surface area (Å²) in [5, 5.41) is 0. The zero-order valence-corrected chi connectivity index (χ0v) is 12.5. The maximum atomic E-state index is 12.6. The van der Waals surface area contributed by atoms with E-state index in [9.17, 15) is 13.2 Å². The molecule has 0 aliphatic carbocycles. The fourth-order valence-electron chi connectivity index (χ4n) is 1.61. The maximum absolute atomic E-state index is 12.6. The van der Waals surface area contributed by atoms with Crippen LogP contribution in [0.3, 0.4) is 0 Å². The van der Waals surface area contributed by atoms with E-state index in [1.165, 1.54) is 17.7 Å². The van der Waals surface area contributed by atoms with Crippen molar-refractivity contribution in [3.63, 3.8) is 0 Å². The Kier molecular flexibility index (Phi) is 4.68. The average Bonchev–Trinajstić information content (AvgIpc) is 2.40. The van der Waals surface area contributed by atoms with Gasteiger partial charge in [0.15, 0.2) is 0 Å². The summed E-state index contributed by atoms with van der Waals surface area (Å²) >= 11 is -0.105. The van der Waals surface area contributed by atoms with Crippen molar-refractivity contribution in [1.29, 1.82) is 0 Å². The van der Waals surface area contributed by atoms with Crippen molar-refractivity contribution in [1.82, 2.24) is 0 Å². The quantitative estimate of drug-likeness (QED) is 0.740. The topological polar surface area (TPSA) is 0 Å². The Morgan fingerprint density at radius 3 is 2.35 bits per heavy atom. The van der Waals surface area contributed by atoms with E-state index in [4.69, 9.17) is 0 Å². The number of halogens is 3. The Labute approximate surface area is 122 Å². The zero-order chi connectivity index (χ0) is 14.6. The molecule has 0 aliphatic heterocycles. The van der Waals surface area contributed by atoms with Crippen LogP contribution in [0, 0.1) is 6.92 Å². The third-order valence-corrected chi connectivity index (χ3v) is 4.38. The Balaban J connectivity index is 2.05. The first-order valence-corrected chi connectivity index (χ1v) is 7.87. The molecular formula is C16H13F3Se. The summed E-state index contributed by atoms with van der Waals surface area (Å²) in [7, 11) is 0. The van der Waals surface area contributed by atoms with E-state index >= 15 is 0 Å². The predicted octanol–water partition coefficient (Wildman–Crippen LogP) is 4.01. The molecule has 0 saturated heterocycles. The van der Waals surface area contributed by atoms with E-state index in [1.807, 2.05) is 42.2 Å². The molecular weight excluding hydrogens is 328 g/mol. The van der Waals surface area contributed by atoms with Crippen LogP contribution < -0.4 is 4.46 Å². The van der Waals surface area contributed by atoms with Crippen LogP contribution in [-0.2, 0) is 6.18 Å². The Hall–Kier alpha value is -1.51. The molecule has 0 bridgehead atoms. The predicted molar refractivity (Wildman–Crippen MR) is 77.0 cm³/mol. The van der Waals surface area contributed by atoms with Gasteiger partial charge < -0.3 is 0 Å². The van der Waals surface area contributed by atoms with Crippen LogP contribution in [0.15, 0.2) is 53.5 Å². The molecule has 0 atom stereocenters. The minimum absolute atomic E-state index is 0.105. The molecule has 2 aromatic rings. The van der Waals surface area contributed by atoms with Gasteiger partial charge in [0.2, 0.25) is 0 Å². The fourth-order valence-corrected chi connectivity index (χ4v) is 3.16. The van der Waals surface area contributed by atoms with Gasteiger partial charge in [0, 0.05) is 0 Å². The SMILES string of the molecule is Cc1ccc(/C=C\[Se]c2cccc(C(F)(F)F)c2)cc1. The standard InChI is InChI=1S/C16H13F3Se/c1-12-5-7-13(8-6-12)9-10-20-15-4-2-3-14(11-15)16(17,18)19/h2-11H,1H3/b10-9-. The van der Waals surface area contributed by atoms with Crippen LogP contribution in [0.5, 0.6) is 0 Å². The second kappa shape index (κ2) is 6.29. The van der Waals surface area contributed by atoms with Crippen LogP contribution in [-0.4, -0.2) is 15.0 Å². The fraction of sp³-hybridized carbons (Fsp3) is 0.125.